The van der Waals surface area contributed by atoms with Gasteiger partial charge in [0.15, 0.2) is 5.69 Å². The fraction of sp³-hybridized carbons (Fsp3) is 0.242. The first-order valence-corrected chi connectivity index (χ1v) is 15.2. The highest BCUT2D eigenvalue weighted by molar-refractivity contribution is 7.13. The average Bonchev–Trinajstić information content (AvgIpc) is 3.54. The Morgan fingerprint density at radius 2 is 1.75 bits per heavy atom. The van der Waals surface area contributed by atoms with E-state index in [1.54, 1.807) is 59.9 Å². The van der Waals surface area contributed by atoms with E-state index in [9.17, 15) is 14.4 Å². The standard InChI is InChI=1S/C33H31N5O5S/c1-42-33(41)28-22(11-12-26(38-28)32(40)37-20-5-3-2-4-6-20)23-16-27-25(29-19(17-43-27)13-14-44-29)15-24(23)31(39)36-21-9-7-18(8-10-21)30(34)35/h7-16,20H,2-6,17H2,1H3,(H3,34,35)(H,36,39)(H,37,40). The molecule has 1 saturated carbocycles. The van der Waals surface area contributed by atoms with Gasteiger partial charge in [0.1, 0.15) is 23.9 Å². The Hall–Kier alpha value is -5.03. The van der Waals surface area contributed by atoms with E-state index >= 15 is 0 Å². The third kappa shape index (κ3) is 5.78. The normalized spacial score (nSPS) is 14.0. The Bertz CT molecular complexity index is 1780. The van der Waals surface area contributed by atoms with Crippen LogP contribution in [0.1, 0.15) is 74.6 Å². The van der Waals surface area contributed by atoms with Crippen LogP contribution in [0.4, 0.5) is 5.69 Å². The minimum Gasteiger partial charge on any atom is -0.488 e. The van der Waals surface area contributed by atoms with E-state index in [2.05, 4.69) is 15.6 Å². The number of amidine groups is 1. The number of nitrogens with one attached hydrogen (secondary N) is 3. The number of carbonyl (C=O) groups excluding carboxylic acids is 3. The number of benzene rings is 2. The van der Waals surface area contributed by atoms with E-state index in [1.165, 1.54) is 7.11 Å². The molecule has 0 bridgehead atoms. The fourth-order valence-corrected chi connectivity index (χ4v) is 6.55. The van der Waals surface area contributed by atoms with E-state index in [1.807, 2.05) is 11.4 Å². The number of ether oxygens (including phenoxy) is 2. The van der Waals surface area contributed by atoms with Crippen molar-refractivity contribution in [2.45, 2.75) is 44.8 Å². The van der Waals surface area contributed by atoms with Gasteiger partial charge in [0.05, 0.1) is 7.11 Å². The molecule has 2 aromatic heterocycles. The SMILES string of the molecule is COC(=O)c1nc(C(=O)NC2CCCCC2)ccc1-c1cc2c(cc1C(=O)Nc1ccc(C(=N)N)cc1)-c1sccc1CO2. The van der Waals surface area contributed by atoms with Crippen LogP contribution < -0.4 is 21.1 Å². The van der Waals surface area contributed by atoms with Gasteiger partial charge in [-0.3, -0.25) is 15.0 Å². The molecule has 0 saturated heterocycles. The second-order valence-electron chi connectivity index (χ2n) is 10.8. The second kappa shape index (κ2) is 12.3. The molecule has 0 unspecified atom stereocenters. The molecule has 0 spiro atoms. The van der Waals surface area contributed by atoms with E-state index in [-0.39, 0.29) is 34.7 Å². The van der Waals surface area contributed by atoms with Crippen molar-refractivity contribution in [3.05, 3.63) is 88.1 Å². The number of esters is 1. The number of anilines is 1. The molecule has 11 heteroatoms. The third-order valence-electron chi connectivity index (χ3n) is 7.93. The van der Waals surface area contributed by atoms with Gasteiger partial charge in [0.2, 0.25) is 0 Å². The lowest BCUT2D eigenvalue weighted by Gasteiger charge is -2.23. The monoisotopic (exact) mass is 609 g/mol. The number of amides is 2. The molecule has 1 fully saturated rings. The lowest BCUT2D eigenvalue weighted by Crippen LogP contribution is -2.36. The van der Waals surface area contributed by atoms with Crippen LogP contribution in [-0.4, -0.2) is 41.8 Å². The molecule has 2 amide bonds. The van der Waals surface area contributed by atoms with E-state index in [0.29, 0.717) is 34.7 Å². The molecule has 5 N–H and O–H groups in total. The van der Waals surface area contributed by atoms with Crippen LogP contribution in [0.2, 0.25) is 0 Å². The molecule has 0 radical (unpaired) electrons. The first-order valence-electron chi connectivity index (χ1n) is 14.4. The number of aromatic nitrogens is 1. The predicted octanol–water partition coefficient (Wildman–Crippen LogP) is 5.75. The number of carbonyl (C=O) groups is 3. The molecule has 0 atom stereocenters. The Balaban J connectivity index is 1.43. The molecule has 1 aliphatic heterocycles. The first-order chi connectivity index (χ1) is 21.3. The van der Waals surface area contributed by atoms with Crippen molar-refractivity contribution in [3.8, 4) is 27.3 Å². The van der Waals surface area contributed by atoms with Gasteiger partial charge < -0.3 is 25.8 Å². The molecule has 224 valence electrons. The van der Waals surface area contributed by atoms with E-state index < -0.39 is 11.9 Å². The summed E-state index contributed by atoms with van der Waals surface area (Å²) in [5, 5.41) is 15.5. The number of methoxy groups -OCH3 is 1. The van der Waals surface area contributed by atoms with Crippen molar-refractivity contribution < 1.29 is 23.9 Å². The zero-order chi connectivity index (χ0) is 30.8. The molecule has 44 heavy (non-hydrogen) atoms. The number of fused-ring (bicyclic) bond motifs is 3. The van der Waals surface area contributed by atoms with Crippen molar-refractivity contribution in [2.75, 3.05) is 12.4 Å². The third-order valence-corrected chi connectivity index (χ3v) is 8.92. The van der Waals surface area contributed by atoms with Crippen LogP contribution in [0.25, 0.3) is 21.6 Å². The summed E-state index contributed by atoms with van der Waals surface area (Å²) in [4.78, 5) is 45.5. The highest BCUT2D eigenvalue weighted by Crippen LogP contribution is 2.44. The average molecular weight is 610 g/mol. The van der Waals surface area contributed by atoms with Gasteiger partial charge in [-0.1, -0.05) is 19.3 Å². The number of nitrogens with two attached hydrogens (primary N) is 1. The van der Waals surface area contributed by atoms with Gasteiger partial charge in [-0.15, -0.1) is 11.3 Å². The zero-order valence-corrected chi connectivity index (χ0v) is 24.9. The number of nitrogens with zero attached hydrogens (tertiary/aromatic N) is 1. The van der Waals surface area contributed by atoms with Crippen LogP contribution in [0.5, 0.6) is 5.75 Å². The molecule has 3 heterocycles. The van der Waals surface area contributed by atoms with Crippen molar-refractivity contribution in [1.82, 2.24) is 10.3 Å². The Morgan fingerprint density at radius 3 is 2.48 bits per heavy atom. The molecular formula is C33H31N5O5S. The maximum absolute atomic E-state index is 13.9. The molecule has 1 aliphatic carbocycles. The van der Waals surface area contributed by atoms with Crippen LogP contribution >= 0.6 is 11.3 Å². The molecule has 10 nitrogen and oxygen atoms in total. The molecule has 6 rings (SSSR count). The lowest BCUT2D eigenvalue weighted by molar-refractivity contribution is 0.0594. The van der Waals surface area contributed by atoms with Crippen molar-refractivity contribution in [2.24, 2.45) is 5.73 Å². The highest BCUT2D eigenvalue weighted by Gasteiger charge is 2.28. The number of rotatable bonds is 7. The Kier molecular flexibility index (Phi) is 8.12. The lowest BCUT2D eigenvalue weighted by atomic mass is 9.92. The van der Waals surface area contributed by atoms with Crippen LogP contribution in [0, 0.1) is 5.41 Å². The number of hydrogen-bond donors (Lipinski definition) is 4. The van der Waals surface area contributed by atoms with Gasteiger partial charge in [0.25, 0.3) is 11.8 Å². The van der Waals surface area contributed by atoms with E-state index in [4.69, 9.17) is 20.6 Å². The second-order valence-corrected chi connectivity index (χ2v) is 11.7. The summed E-state index contributed by atoms with van der Waals surface area (Å²) in [7, 11) is 1.25. The van der Waals surface area contributed by atoms with Crippen LogP contribution in [0.15, 0.2) is 60.0 Å². The van der Waals surface area contributed by atoms with Gasteiger partial charge in [-0.2, -0.15) is 0 Å². The zero-order valence-electron chi connectivity index (χ0n) is 24.1. The van der Waals surface area contributed by atoms with Crippen molar-refractivity contribution >= 4 is 40.6 Å². The molecular weight excluding hydrogens is 578 g/mol. The smallest absolute Gasteiger partial charge is 0.357 e. The molecule has 2 aliphatic rings. The summed E-state index contributed by atoms with van der Waals surface area (Å²) in [5.41, 5.74) is 9.39. The highest BCUT2D eigenvalue weighted by atomic mass is 32.1. The number of hydrogen-bond acceptors (Lipinski definition) is 8. The predicted molar refractivity (Wildman–Crippen MR) is 168 cm³/mol. The van der Waals surface area contributed by atoms with Gasteiger partial charge in [-0.25, -0.2) is 9.78 Å². The summed E-state index contributed by atoms with van der Waals surface area (Å²) in [6.07, 6.45) is 5.09. The fourth-order valence-electron chi connectivity index (χ4n) is 5.62. The maximum Gasteiger partial charge on any atom is 0.357 e. The number of pyridine rings is 1. The summed E-state index contributed by atoms with van der Waals surface area (Å²) in [5.74, 6) is -1.05. The summed E-state index contributed by atoms with van der Waals surface area (Å²) < 4.78 is 11.1. The quantitative estimate of drug-likeness (QED) is 0.118. The summed E-state index contributed by atoms with van der Waals surface area (Å²) in [6, 6.07) is 15.3. The Labute approximate surface area is 258 Å². The van der Waals surface area contributed by atoms with Crippen LogP contribution in [-0.2, 0) is 11.3 Å². The first kappa shape index (κ1) is 29.1. The number of thiophene rings is 1. The summed E-state index contributed by atoms with van der Waals surface area (Å²) in [6.45, 7) is 0.377. The summed E-state index contributed by atoms with van der Waals surface area (Å²) >= 11 is 1.55. The minimum atomic E-state index is -0.738. The van der Waals surface area contributed by atoms with E-state index in [0.717, 1.165) is 48.1 Å². The molecule has 4 aromatic rings. The minimum absolute atomic E-state index is 0.0686. The van der Waals surface area contributed by atoms with Crippen molar-refractivity contribution in [3.63, 3.8) is 0 Å². The largest absolute Gasteiger partial charge is 0.488 e. The topological polar surface area (TPSA) is 156 Å². The maximum atomic E-state index is 13.9. The van der Waals surface area contributed by atoms with Gasteiger partial charge >= 0.3 is 5.97 Å². The Morgan fingerprint density at radius 1 is 0.977 bits per heavy atom. The van der Waals surface area contributed by atoms with Gasteiger partial charge in [-0.05, 0) is 72.8 Å². The van der Waals surface area contributed by atoms with Crippen LogP contribution in [0.3, 0.4) is 0 Å². The molecule has 2 aromatic carbocycles. The van der Waals surface area contributed by atoms with Gasteiger partial charge in [0, 0.05) is 50.0 Å². The number of nitrogen functional groups attached to an aromatic ring is 1. The van der Waals surface area contributed by atoms with Crippen molar-refractivity contribution in [1.29, 1.82) is 5.41 Å².